The van der Waals surface area contributed by atoms with Crippen molar-refractivity contribution < 1.29 is 0 Å². The topological polar surface area (TPSA) is 29.3 Å². The summed E-state index contributed by atoms with van der Waals surface area (Å²) in [6, 6.07) is 6.88. The average Bonchev–Trinajstić information content (AvgIpc) is 2.87. The fourth-order valence-corrected chi connectivity index (χ4v) is 3.23. The minimum absolute atomic E-state index is 0.676. The van der Waals surface area contributed by atoms with Crippen LogP contribution in [0.25, 0.3) is 0 Å². The van der Waals surface area contributed by atoms with Crippen LogP contribution in [0.15, 0.2) is 22.7 Å². The van der Waals surface area contributed by atoms with Gasteiger partial charge in [-0.2, -0.15) is 0 Å². The third-order valence-corrected chi connectivity index (χ3v) is 4.51. The van der Waals surface area contributed by atoms with E-state index >= 15 is 0 Å². The lowest BCUT2D eigenvalue weighted by atomic mass is 10.1. The van der Waals surface area contributed by atoms with Crippen molar-refractivity contribution >= 4 is 27.3 Å². The molecule has 1 saturated carbocycles. The fraction of sp³-hybridized carbons (Fsp3) is 0.625. The molecule has 0 aromatic heterocycles. The summed E-state index contributed by atoms with van der Waals surface area (Å²) < 4.78 is 1.12. The predicted molar refractivity (Wildman–Crippen MR) is 87.6 cm³/mol. The number of anilines is 2. The van der Waals surface area contributed by atoms with Gasteiger partial charge in [-0.15, -0.1) is 0 Å². The van der Waals surface area contributed by atoms with Gasteiger partial charge >= 0.3 is 0 Å². The minimum Gasteiger partial charge on any atom is -0.397 e. The van der Waals surface area contributed by atoms with Crippen molar-refractivity contribution in [2.45, 2.75) is 52.0 Å². The second kappa shape index (κ2) is 6.65. The van der Waals surface area contributed by atoms with Crippen LogP contribution in [0.2, 0.25) is 0 Å². The van der Waals surface area contributed by atoms with E-state index < -0.39 is 0 Å². The molecule has 1 fully saturated rings. The Balaban J connectivity index is 2.21. The highest BCUT2D eigenvalue weighted by Gasteiger charge is 2.24. The Kier molecular flexibility index (Phi) is 5.14. The first kappa shape index (κ1) is 14.7. The van der Waals surface area contributed by atoms with Gasteiger partial charge in [0.05, 0.1) is 11.4 Å². The van der Waals surface area contributed by atoms with E-state index in [2.05, 4.69) is 40.7 Å². The van der Waals surface area contributed by atoms with E-state index in [1.54, 1.807) is 0 Å². The van der Waals surface area contributed by atoms with E-state index in [1.807, 2.05) is 12.1 Å². The monoisotopic (exact) mass is 324 g/mol. The quantitative estimate of drug-likeness (QED) is 0.786. The maximum atomic E-state index is 6.20. The molecule has 1 aliphatic rings. The van der Waals surface area contributed by atoms with E-state index in [0.29, 0.717) is 6.04 Å². The van der Waals surface area contributed by atoms with Gasteiger partial charge in [-0.25, -0.2) is 0 Å². The standard InChI is InChI=1S/C16H25BrN2/c1-12(2)9-10-19(14-5-3-4-6-14)16-11-13(17)7-8-15(16)18/h7-8,11-12,14H,3-6,9-10,18H2,1-2H3. The molecule has 0 saturated heterocycles. The van der Waals surface area contributed by atoms with Crippen LogP contribution in [0.3, 0.4) is 0 Å². The summed E-state index contributed by atoms with van der Waals surface area (Å²) in [5.41, 5.74) is 8.31. The molecule has 2 nitrogen and oxygen atoms in total. The van der Waals surface area contributed by atoms with Crippen LogP contribution in [0.4, 0.5) is 11.4 Å². The van der Waals surface area contributed by atoms with E-state index in [4.69, 9.17) is 5.73 Å². The van der Waals surface area contributed by atoms with Gasteiger partial charge in [0.1, 0.15) is 0 Å². The van der Waals surface area contributed by atoms with Crippen molar-refractivity contribution in [3.63, 3.8) is 0 Å². The van der Waals surface area contributed by atoms with Crippen LogP contribution in [0.1, 0.15) is 46.0 Å². The molecule has 19 heavy (non-hydrogen) atoms. The van der Waals surface area contributed by atoms with Crippen molar-refractivity contribution in [2.75, 3.05) is 17.2 Å². The number of hydrogen-bond donors (Lipinski definition) is 1. The summed E-state index contributed by atoms with van der Waals surface area (Å²) in [6.45, 7) is 5.69. The van der Waals surface area contributed by atoms with E-state index in [1.165, 1.54) is 37.8 Å². The molecule has 3 heteroatoms. The largest absolute Gasteiger partial charge is 0.397 e. The predicted octanol–water partition coefficient (Wildman–Crippen LogP) is 4.83. The van der Waals surface area contributed by atoms with Crippen LogP contribution in [-0.2, 0) is 0 Å². The number of rotatable bonds is 5. The molecule has 0 spiro atoms. The van der Waals surface area contributed by atoms with E-state index in [9.17, 15) is 0 Å². The zero-order valence-corrected chi connectivity index (χ0v) is 13.6. The second-order valence-electron chi connectivity index (χ2n) is 6.02. The Morgan fingerprint density at radius 2 is 2.00 bits per heavy atom. The molecule has 2 rings (SSSR count). The van der Waals surface area contributed by atoms with Gasteiger partial charge in [-0.1, -0.05) is 42.6 Å². The molecule has 0 aliphatic heterocycles. The Labute approximate surface area is 125 Å². The van der Waals surface area contributed by atoms with E-state index in [0.717, 1.165) is 22.6 Å². The van der Waals surface area contributed by atoms with Crippen LogP contribution >= 0.6 is 15.9 Å². The van der Waals surface area contributed by atoms with Gasteiger partial charge in [-0.05, 0) is 43.4 Å². The highest BCUT2D eigenvalue weighted by atomic mass is 79.9. The van der Waals surface area contributed by atoms with Crippen molar-refractivity contribution in [1.29, 1.82) is 0 Å². The van der Waals surface area contributed by atoms with Crippen LogP contribution in [0, 0.1) is 5.92 Å². The molecule has 0 bridgehead atoms. The van der Waals surface area contributed by atoms with Gasteiger partial charge in [0, 0.05) is 17.1 Å². The number of nitrogen functional groups attached to an aromatic ring is 1. The molecule has 1 aromatic carbocycles. The summed E-state index contributed by atoms with van der Waals surface area (Å²) in [6.07, 6.45) is 6.56. The number of nitrogens with two attached hydrogens (primary N) is 1. The molecule has 106 valence electrons. The summed E-state index contributed by atoms with van der Waals surface area (Å²) in [7, 11) is 0. The maximum absolute atomic E-state index is 6.20. The van der Waals surface area contributed by atoms with E-state index in [-0.39, 0.29) is 0 Å². The number of halogens is 1. The Morgan fingerprint density at radius 3 is 2.63 bits per heavy atom. The highest BCUT2D eigenvalue weighted by molar-refractivity contribution is 9.10. The summed E-state index contributed by atoms with van der Waals surface area (Å²) >= 11 is 3.57. The molecule has 1 aliphatic carbocycles. The summed E-state index contributed by atoms with van der Waals surface area (Å²) in [4.78, 5) is 2.55. The SMILES string of the molecule is CC(C)CCN(c1cc(Br)ccc1N)C1CCCC1. The van der Waals surface area contributed by atoms with Gasteiger partial charge in [-0.3, -0.25) is 0 Å². The number of hydrogen-bond acceptors (Lipinski definition) is 2. The first-order valence-corrected chi connectivity index (χ1v) is 8.19. The molecule has 0 atom stereocenters. The number of benzene rings is 1. The molecular weight excluding hydrogens is 300 g/mol. The molecular formula is C16H25BrN2. The Bertz CT molecular complexity index is 411. The second-order valence-corrected chi connectivity index (χ2v) is 6.93. The van der Waals surface area contributed by atoms with Gasteiger partial charge in [0.15, 0.2) is 0 Å². The normalized spacial score (nSPS) is 16.2. The molecule has 0 amide bonds. The fourth-order valence-electron chi connectivity index (χ4n) is 2.88. The van der Waals surface area contributed by atoms with Gasteiger partial charge in [0.25, 0.3) is 0 Å². The molecule has 1 aromatic rings. The van der Waals surface area contributed by atoms with Crippen molar-refractivity contribution in [3.8, 4) is 0 Å². The Hall–Kier alpha value is -0.700. The molecule has 0 radical (unpaired) electrons. The van der Waals surface area contributed by atoms with Crippen LogP contribution in [0.5, 0.6) is 0 Å². The lowest BCUT2D eigenvalue weighted by Gasteiger charge is -2.33. The molecule has 0 heterocycles. The maximum Gasteiger partial charge on any atom is 0.0613 e. The molecule has 2 N–H and O–H groups in total. The van der Waals surface area contributed by atoms with Gasteiger partial charge in [0.2, 0.25) is 0 Å². The zero-order chi connectivity index (χ0) is 13.8. The lowest BCUT2D eigenvalue weighted by molar-refractivity contribution is 0.529. The average molecular weight is 325 g/mol. The third-order valence-electron chi connectivity index (χ3n) is 4.01. The van der Waals surface area contributed by atoms with Crippen molar-refractivity contribution in [2.24, 2.45) is 5.92 Å². The molecule has 0 unspecified atom stereocenters. The number of nitrogens with zero attached hydrogens (tertiary/aromatic N) is 1. The zero-order valence-electron chi connectivity index (χ0n) is 12.0. The minimum atomic E-state index is 0.676. The summed E-state index contributed by atoms with van der Waals surface area (Å²) in [5.74, 6) is 0.734. The summed E-state index contributed by atoms with van der Waals surface area (Å²) in [5, 5.41) is 0. The van der Waals surface area contributed by atoms with Crippen molar-refractivity contribution in [3.05, 3.63) is 22.7 Å². The van der Waals surface area contributed by atoms with Crippen molar-refractivity contribution in [1.82, 2.24) is 0 Å². The highest BCUT2D eigenvalue weighted by Crippen LogP contribution is 2.34. The lowest BCUT2D eigenvalue weighted by Crippen LogP contribution is -2.35. The van der Waals surface area contributed by atoms with Crippen LogP contribution in [-0.4, -0.2) is 12.6 Å². The van der Waals surface area contributed by atoms with Gasteiger partial charge < -0.3 is 10.6 Å². The Morgan fingerprint density at radius 1 is 1.32 bits per heavy atom. The third kappa shape index (κ3) is 3.88. The van der Waals surface area contributed by atoms with Crippen LogP contribution < -0.4 is 10.6 Å². The first-order chi connectivity index (χ1) is 9.08. The smallest absolute Gasteiger partial charge is 0.0613 e. The first-order valence-electron chi connectivity index (χ1n) is 7.39.